The Kier molecular flexibility index (Phi) is 2.91. The zero-order valence-electron chi connectivity index (χ0n) is 8.45. The molecule has 0 saturated heterocycles. The van der Waals surface area contributed by atoms with Crippen LogP contribution in [0.2, 0.25) is 0 Å². The van der Waals surface area contributed by atoms with Gasteiger partial charge in [-0.1, -0.05) is 0 Å². The summed E-state index contributed by atoms with van der Waals surface area (Å²) < 4.78 is 39.2. The van der Waals surface area contributed by atoms with Gasteiger partial charge in [0.2, 0.25) is 5.95 Å². The number of aldehydes is 1. The Balaban J connectivity index is 2.54. The zero-order valence-corrected chi connectivity index (χ0v) is 8.45. The third-order valence-corrected chi connectivity index (χ3v) is 2.26. The Hall–Kier alpha value is -2.17. The highest BCUT2D eigenvalue weighted by Gasteiger charge is 2.11. The van der Waals surface area contributed by atoms with Crippen LogP contribution in [0.4, 0.5) is 13.2 Å². The molecule has 0 fully saturated rings. The van der Waals surface area contributed by atoms with E-state index in [-0.39, 0.29) is 11.8 Å². The van der Waals surface area contributed by atoms with Gasteiger partial charge >= 0.3 is 0 Å². The fourth-order valence-electron chi connectivity index (χ4n) is 1.41. The van der Waals surface area contributed by atoms with Gasteiger partial charge in [0.15, 0.2) is 6.29 Å². The van der Waals surface area contributed by atoms with Crippen LogP contribution in [-0.2, 0) is 0 Å². The van der Waals surface area contributed by atoms with Crippen LogP contribution in [-0.4, -0.2) is 11.3 Å². The van der Waals surface area contributed by atoms with Crippen LogP contribution in [0.3, 0.4) is 0 Å². The van der Waals surface area contributed by atoms with Crippen LogP contribution in [0.25, 0.3) is 11.1 Å². The van der Waals surface area contributed by atoms with Crippen LogP contribution in [0.5, 0.6) is 0 Å². The predicted octanol–water partition coefficient (Wildman–Crippen LogP) is 2.98. The Morgan fingerprint density at radius 1 is 1.00 bits per heavy atom. The smallest absolute Gasteiger partial charge is 0.212 e. The number of benzene rings is 1. The topological polar surface area (TPSA) is 30.0 Å². The van der Waals surface area contributed by atoms with Crippen LogP contribution in [0.1, 0.15) is 10.4 Å². The molecule has 0 N–H and O–H groups in total. The molecule has 0 atom stereocenters. The number of hydrogen-bond donors (Lipinski definition) is 0. The van der Waals surface area contributed by atoms with Crippen molar-refractivity contribution < 1.29 is 18.0 Å². The Bertz CT molecular complexity index is 543. The van der Waals surface area contributed by atoms with E-state index in [2.05, 4.69) is 4.98 Å². The second kappa shape index (κ2) is 4.37. The summed E-state index contributed by atoms with van der Waals surface area (Å²) in [7, 11) is 0. The average Bonchev–Trinajstić information content (AvgIpc) is 2.29. The second-order valence-electron chi connectivity index (χ2n) is 3.34. The van der Waals surface area contributed by atoms with E-state index in [0.717, 1.165) is 24.4 Å². The first kappa shape index (κ1) is 11.3. The fourth-order valence-corrected chi connectivity index (χ4v) is 1.41. The van der Waals surface area contributed by atoms with Crippen molar-refractivity contribution in [2.45, 2.75) is 0 Å². The van der Waals surface area contributed by atoms with Gasteiger partial charge < -0.3 is 0 Å². The fraction of sp³-hybridized carbons (Fsp3) is 0. The monoisotopic (exact) mass is 237 g/mol. The van der Waals surface area contributed by atoms with Gasteiger partial charge in [-0.05, 0) is 29.8 Å². The maximum Gasteiger partial charge on any atom is 0.212 e. The molecule has 0 radical (unpaired) electrons. The van der Waals surface area contributed by atoms with E-state index >= 15 is 0 Å². The molecule has 86 valence electrons. The van der Waals surface area contributed by atoms with E-state index in [1.54, 1.807) is 0 Å². The van der Waals surface area contributed by atoms with E-state index in [9.17, 15) is 18.0 Å². The van der Waals surface area contributed by atoms with Gasteiger partial charge in [-0.15, -0.1) is 0 Å². The number of aromatic nitrogens is 1. The number of nitrogens with zero attached hydrogens (tertiary/aromatic N) is 1. The van der Waals surface area contributed by atoms with E-state index in [1.807, 2.05) is 0 Å². The van der Waals surface area contributed by atoms with Crippen molar-refractivity contribution in [3.05, 3.63) is 53.6 Å². The first-order valence-corrected chi connectivity index (χ1v) is 4.68. The molecule has 0 amide bonds. The Morgan fingerprint density at radius 3 is 2.12 bits per heavy atom. The maximum absolute atomic E-state index is 13.3. The summed E-state index contributed by atoms with van der Waals surface area (Å²) in [6.07, 6.45) is 1.27. The van der Waals surface area contributed by atoms with Crippen molar-refractivity contribution in [2.24, 2.45) is 0 Å². The molecule has 1 aromatic carbocycles. The lowest BCUT2D eigenvalue weighted by atomic mass is 10.0. The lowest BCUT2D eigenvalue weighted by Crippen LogP contribution is -1.95. The lowest BCUT2D eigenvalue weighted by molar-refractivity contribution is 0.111. The normalized spacial score (nSPS) is 10.3. The van der Waals surface area contributed by atoms with Gasteiger partial charge in [0.1, 0.15) is 11.6 Å². The van der Waals surface area contributed by atoms with Crippen molar-refractivity contribution in [3.8, 4) is 11.1 Å². The number of halogens is 3. The minimum atomic E-state index is -0.959. The minimum Gasteiger partial charge on any atom is -0.298 e. The van der Waals surface area contributed by atoms with Crippen molar-refractivity contribution >= 4 is 6.29 Å². The molecule has 0 spiro atoms. The highest BCUT2D eigenvalue weighted by atomic mass is 19.1. The molecule has 0 saturated carbocycles. The lowest BCUT2D eigenvalue weighted by Gasteiger charge is -2.04. The van der Waals surface area contributed by atoms with Crippen LogP contribution in [0, 0.1) is 17.6 Å². The molecule has 2 nitrogen and oxygen atoms in total. The quantitative estimate of drug-likeness (QED) is 0.593. The first-order chi connectivity index (χ1) is 8.11. The summed E-state index contributed by atoms with van der Waals surface area (Å²) in [4.78, 5) is 13.8. The molecule has 0 aliphatic rings. The summed E-state index contributed by atoms with van der Waals surface area (Å²) in [5.41, 5.74) is -0.0661. The van der Waals surface area contributed by atoms with Crippen LogP contribution >= 0.6 is 0 Å². The van der Waals surface area contributed by atoms with Gasteiger partial charge in [-0.25, -0.2) is 13.8 Å². The average molecular weight is 237 g/mol. The maximum atomic E-state index is 13.3. The van der Waals surface area contributed by atoms with Crippen molar-refractivity contribution in [1.82, 2.24) is 4.98 Å². The molecule has 1 aromatic heterocycles. The highest BCUT2D eigenvalue weighted by molar-refractivity contribution is 5.77. The number of hydrogen-bond acceptors (Lipinski definition) is 2. The Morgan fingerprint density at radius 2 is 1.65 bits per heavy atom. The van der Waals surface area contributed by atoms with Gasteiger partial charge in [-0.2, -0.15) is 4.39 Å². The number of carbonyl (C=O) groups is 1. The third-order valence-electron chi connectivity index (χ3n) is 2.26. The molecule has 0 aliphatic heterocycles. The zero-order chi connectivity index (χ0) is 12.4. The summed E-state index contributed by atoms with van der Waals surface area (Å²) >= 11 is 0. The summed E-state index contributed by atoms with van der Waals surface area (Å²) in [6.45, 7) is 0. The molecular weight excluding hydrogens is 231 g/mol. The van der Waals surface area contributed by atoms with E-state index in [4.69, 9.17) is 0 Å². The largest absolute Gasteiger partial charge is 0.298 e. The van der Waals surface area contributed by atoms with Crippen LogP contribution < -0.4 is 0 Å². The van der Waals surface area contributed by atoms with E-state index in [0.29, 0.717) is 5.56 Å². The second-order valence-corrected chi connectivity index (χ2v) is 3.34. The summed E-state index contributed by atoms with van der Waals surface area (Å²) in [5.74, 6) is -2.60. The van der Waals surface area contributed by atoms with Gasteiger partial charge in [-0.3, -0.25) is 4.79 Å². The molecule has 1 heterocycles. The molecule has 2 rings (SSSR count). The molecular formula is C12H6F3NO. The van der Waals surface area contributed by atoms with Crippen LogP contribution in [0.15, 0.2) is 30.5 Å². The molecule has 5 heteroatoms. The predicted molar refractivity (Wildman–Crippen MR) is 54.9 cm³/mol. The van der Waals surface area contributed by atoms with Crippen molar-refractivity contribution in [2.75, 3.05) is 0 Å². The molecule has 0 bridgehead atoms. The number of pyridine rings is 1. The number of rotatable bonds is 2. The van der Waals surface area contributed by atoms with Crippen molar-refractivity contribution in [1.29, 1.82) is 0 Å². The van der Waals surface area contributed by atoms with E-state index < -0.39 is 23.1 Å². The Labute approximate surface area is 94.7 Å². The molecule has 0 unspecified atom stereocenters. The van der Waals surface area contributed by atoms with Crippen molar-refractivity contribution in [3.63, 3.8) is 0 Å². The molecule has 0 aliphatic carbocycles. The number of carbonyl (C=O) groups excluding carboxylic acids is 1. The summed E-state index contributed by atoms with van der Waals surface area (Å²) in [5, 5.41) is 0. The van der Waals surface area contributed by atoms with Gasteiger partial charge in [0.25, 0.3) is 0 Å². The highest BCUT2D eigenvalue weighted by Crippen LogP contribution is 2.23. The van der Waals surface area contributed by atoms with Gasteiger partial charge in [0, 0.05) is 11.8 Å². The summed E-state index contributed by atoms with van der Waals surface area (Å²) in [6, 6.07) is 4.43. The SMILES string of the molecule is O=Cc1c(F)cc(-c2ccc(F)nc2)cc1F. The standard InChI is InChI=1S/C12H6F3NO/c13-10-3-8(4-11(14)9(10)6-17)7-1-2-12(15)16-5-7/h1-6H. The van der Waals surface area contributed by atoms with E-state index in [1.165, 1.54) is 6.07 Å². The first-order valence-electron chi connectivity index (χ1n) is 4.68. The molecule has 17 heavy (non-hydrogen) atoms. The minimum absolute atomic E-state index is 0.108. The van der Waals surface area contributed by atoms with Gasteiger partial charge in [0.05, 0.1) is 5.56 Å². The molecule has 2 aromatic rings. The third kappa shape index (κ3) is 2.18.